The van der Waals surface area contributed by atoms with Crippen molar-refractivity contribution in [2.24, 2.45) is 7.05 Å². The number of hydrogen-bond donors (Lipinski definition) is 2. The highest BCUT2D eigenvalue weighted by Crippen LogP contribution is 2.16. The van der Waals surface area contributed by atoms with Crippen molar-refractivity contribution in [1.82, 2.24) is 24.6 Å². The van der Waals surface area contributed by atoms with Crippen molar-refractivity contribution >= 4 is 17.6 Å². The number of aryl methyl sites for hydroxylation is 1. The summed E-state index contributed by atoms with van der Waals surface area (Å²) in [6, 6.07) is 11.2. The summed E-state index contributed by atoms with van der Waals surface area (Å²) in [6.07, 6.45) is 7.43. The van der Waals surface area contributed by atoms with Gasteiger partial charge in [0.05, 0.1) is 6.20 Å². The molecule has 4 rings (SSSR count). The molecule has 0 aliphatic carbocycles. The average Bonchev–Trinajstić information content (AvgIpc) is 3.47. The molecule has 8 nitrogen and oxygen atoms in total. The Kier molecular flexibility index (Phi) is 5.33. The summed E-state index contributed by atoms with van der Waals surface area (Å²) in [7, 11) is 1.80. The number of amides is 3. The van der Waals surface area contributed by atoms with Gasteiger partial charge in [0, 0.05) is 44.8 Å². The van der Waals surface area contributed by atoms with E-state index >= 15 is 0 Å². The summed E-state index contributed by atoms with van der Waals surface area (Å²) >= 11 is 0. The summed E-state index contributed by atoms with van der Waals surface area (Å²) in [5.74, 6) is 0.507. The number of carbonyl (C=O) groups excluding carboxylic acids is 2. The van der Waals surface area contributed by atoms with E-state index in [0.29, 0.717) is 17.9 Å². The number of aromatic nitrogens is 3. The van der Waals surface area contributed by atoms with Crippen molar-refractivity contribution in [3.8, 4) is 5.82 Å². The second kappa shape index (κ2) is 8.22. The molecule has 1 fully saturated rings. The lowest BCUT2D eigenvalue weighted by molar-refractivity contribution is 0.0950. The molecule has 0 spiro atoms. The Morgan fingerprint density at radius 3 is 2.62 bits per heavy atom. The predicted octanol–water partition coefficient (Wildman–Crippen LogP) is 2.77. The van der Waals surface area contributed by atoms with Gasteiger partial charge in [0.1, 0.15) is 11.4 Å². The van der Waals surface area contributed by atoms with E-state index in [1.807, 2.05) is 58.3 Å². The first-order valence-electron chi connectivity index (χ1n) is 9.70. The molecule has 3 aromatic rings. The van der Waals surface area contributed by atoms with Crippen molar-refractivity contribution < 1.29 is 9.59 Å². The van der Waals surface area contributed by atoms with Crippen LogP contribution in [0.4, 0.5) is 10.5 Å². The van der Waals surface area contributed by atoms with Crippen molar-refractivity contribution in [1.29, 1.82) is 0 Å². The Hall–Kier alpha value is -3.55. The highest BCUT2D eigenvalue weighted by atomic mass is 16.2. The van der Waals surface area contributed by atoms with Gasteiger partial charge in [0.15, 0.2) is 0 Å². The van der Waals surface area contributed by atoms with E-state index in [4.69, 9.17) is 0 Å². The molecule has 0 unspecified atom stereocenters. The van der Waals surface area contributed by atoms with Crippen LogP contribution in [0.25, 0.3) is 5.82 Å². The highest BCUT2D eigenvalue weighted by molar-refractivity contribution is 5.97. The smallest absolute Gasteiger partial charge is 0.321 e. The minimum Gasteiger partial charge on any atom is -0.348 e. The van der Waals surface area contributed by atoms with Crippen molar-refractivity contribution in [3.63, 3.8) is 0 Å². The van der Waals surface area contributed by atoms with E-state index in [2.05, 4.69) is 15.7 Å². The third kappa shape index (κ3) is 4.16. The second-order valence-electron chi connectivity index (χ2n) is 7.10. The molecule has 8 heteroatoms. The molecular formula is C21H24N6O2. The molecule has 1 aliphatic rings. The zero-order valence-electron chi connectivity index (χ0n) is 16.3. The van der Waals surface area contributed by atoms with Crippen LogP contribution in [0.15, 0.2) is 55.0 Å². The van der Waals surface area contributed by atoms with Crippen LogP contribution in [0.5, 0.6) is 0 Å². The SMILES string of the molecule is Cn1ncc(C(=O)NCc2cccc(NC(=O)N3CCCC3)c2)c1-n1cccc1. The minimum absolute atomic E-state index is 0.0737. The summed E-state index contributed by atoms with van der Waals surface area (Å²) in [5.41, 5.74) is 2.13. The fourth-order valence-electron chi connectivity index (χ4n) is 3.53. The molecule has 0 radical (unpaired) electrons. The van der Waals surface area contributed by atoms with E-state index in [0.717, 1.165) is 37.2 Å². The van der Waals surface area contributed by atoms with Gasteiger partial charge in [-0.2, -0.15) is 5.10 Å². The Bertz CT molecular complexity index is 1000. The van der Waals surface area contributed by atoms with E-state index in [1.54, 1.807) is 17.9 Å². The molecule has 29 heavy (non-hydrogen) atoms. The summed E-state index contributed by atoms with van der Waals surface area (Å²) < 4.78 is 3.53. The van der Waals surface area contributed by atoms with Gasteiger partial charge in [-0.15, -0.1) is 0 Å². The molecule has 1 aromatic carbocycles. The number of nitrogens with zero attached hydrogens (tertiary/aromatic N) is 4. The molecule has 3 amide bonds. The summed E-state index contributed by atoms with van der Waals surface area (Å²) in [6.45, 7) is 1.96. The number of urea groups is 1. The zero-order valence-corrected chi connectivity index (χ0v) is 16.3. The second-order valence-corrected chi connectivity index (χ2v) is 7.10. The van der Waals surface area contributed by atoms with E-state index in [9.17, 15) is 9.59 Å². The fraction of sp³-hybridized carbons (Fsp3) is 0.286. The first-order chi connectivity index (χ1) is 14.1. The molecule has 0 bridgehead atoms. The Balaban J connectivity index is 1.41. The van der Waals surface area contributed by atoms with Crippen molar-refractivity contribution in [2.75, 3.05) is 18.4 Å². The molecular weight excluding hydrogens is 368 g/mol. The third-order valence-corrected chi connectivity index (χ3v) is 5.03. The van der Waals surface area contributed by atoms with Crippen LogP contribution in [0.3, 0.4) is 0 Å². The number of likely N-dealkylation sites (tertiary alicyclic amines) is 1. The molecule has 2 aromatic heterocycles. The van der Waals surface area contributed by atoms with E-state index in [1.165, 1.54) is 0 Å². The molecule has 3 heterocycles. The topological polar surface area (TPSA) is 84.2 Å². The fourth-order valence-corrected chi connectivity index (χ4v) is 3.53. The van der Waals surface area contributed by atoms with Crippen LogP contribution in [0, 0.1) is 0 Å². The average molecular weight is 392 g/mol. The van der Waals surface area contributed by atoms with E-state index < -0.39 is 0 Å². The lowest BCUT2D eigenvalue weighted by Gasteiger charge is -2.16. The van der Waals surface area contributed by atoms with Gasteiger partial charge in [-0.3, -0.25) is 9.48 Å². The van der Waals surface area contributed by atoms with Crippen molar-refractivity contribution in [2.45, 2.75) is 19.4 Å². The first-order valence-corrected chi connectivity index (χ1v) is 9.70. The van der Waals surface area contributed by atoms with Gasteiger partial charge in [-0.1, -0.05) is 12.1 Å². The van der Waals surface area contributed by atoms with Crippen LogP contribution in [0.2, 0.25) is 0 Å². The van der Waals surface area contributed by atoms with Crippen molar-refractivity contribution in [3.05, 3.63) is 66.1 Å². The minimum atomic E-state index is -0.201. The standard InChI is InChI=1S/C21H24N6O2/c1-25-20(26-9-2-3-10-26)18(15-23-25)19(28)22-14-16-7-6-8-17(13-16)24-21(29)27-11-4-5-12-27/h2-3,6-10,13,15H,4-5,11-12,14H2,1H3,(H,22,28)(H,24,29). The number of hydrogen-bond acceptors (Lipinski definition) is 3. The summed E-state index contributed by atoms with van der Waals surface area (Å²) in [5, 5.41) is 10.1. The number of anilines is 1. The van der Waals surface area contributed by atoms with Crippen LogP contribution < -0.4 is 10.6 Å². The maximum absolute atomic E-state index is 12.7. The molecule has 0 saturated carbocycles. The Morgan fingerprint density at radius 1 is 1.10 bits per heavy atom. The number of nitrogens with one attached hydrogen (secondary N) is 2. The number of carbonyl (C=O) groups is 2. The van der Waals surface area contributed by atoms with Gasteiger partial charge in [-0.25, -0.2) is 4.79 Å². The highest BCUT2D eigenvalue weighted by Gasteiger charge is 2.19. The summed E-state index contributed by atoms with van der Waals surface area (Å²) in [4.78, 5) is 26.8. The zero-order chi connectivity index (χ0) is 20.2. The normalized spacial score (nSPS) is 13.5. The van der Waals surface area contributed by atoms with Crippen LogP contribution in [0.1, 0.15) is 28.8 Å². The quantitative estimate of drug-likeness (QED) is 0.700. The lowest BCUT2D eigenvalue weighted by atomic mass is 10.2. The molecule has 1 saturated heterocycles. The van der Waals surface area contributed by atoms with Gasteiger partial charge in [-0.05, 0) is 42.7 Å². The molecule has 1 aliphatic heterocycles. The van der Waals surface area contributed by atoms with Crippen LogP contribution in [-0.4, -0.2) is 44.3 Å². The first kappa shape index (κ1) is 18.8. The van der Waals surface area contributed by atoms with Gasteiger partial charge >= 0.3 is 6.03 Å². The number of benzene rings is 1. The third-order valence-electron chi connectivity index (χ3n) is 5.03. The lowest BCUT2D eigenvalue weighted by Crippen LogP contribution is -2.32. The molecule has 150 valence electrons. The van der Waals surface area contributed by atoms with Gasteiger partial charge < -0.3 is 20.1 Å². The maximum Gasteiger partial charge on any atom is 0.321 e. The van der Waals surface area contributed by atoms with Gasteiger partial charge in [0.25, 0.3) is 5.91 Å². The Morgan fingerprint density at radius 2 is 1.86 bits per heavy atom. The van der Waals surface area contributed by atoms with E-state index in [-0.39, 0.29) is 11.9 Å². The molecule has 0 atom stereocenters. The Labute approximate surface area is 169 Å². The van der Waals surface area contributed by atoms with Crippen LogP contribution >= 0.6 is 0 Å². The molecule has 2 N–H and O–H groups in total. The maximum atomic E-state index is 12.7. The monoisotopic (exact) mass is 392 g/mol. The number of rotatable bonds is 5. The largest absolute Gasteiger partial charge is 0.348 e. The predicted molar refractivity (Wildman–Crippen MR) is 110 cm³/mol. The van der Waals surface area contributed by atoms with Crippen LogP contribution in [-0.2, 0) is 13.6 Å². The van der Waals surface area contributed by atoms with Gasteiger partial charge in [0.2, 0.25) is 0 Å².